The van der Waals surface area contributed by atoms with E-state index in [1.54, 1.807) is 6.08 Å². The lowest BCUT2D eigenvalue weighted by atomic mass is 10.0. The molecule has 0 amide bonds. The highest BCUT2D eigenvalue weighted by molar-refractivity contribution is 5.87. The van der Waals surface area contributed by atoms with Gasteiger partial charge in [-0.3, -0.25) is 0 Å². The molecule has 1 aromatic carbocycles. The largest absolute Gasteiger partial charge is 0.478 e. The summed E-state index contributed by atoms with van der Waals surface area (Å²) in [6.45, 7) is 4.69. The number of aliphatic carboxylic acids is 1. The number of carboxylic acid groups (broad SMARTS) is 1. The van der Waals surface area contributed by atoms with Gasteiger partial charge in [0.05, 0.1) is 6.10 Å². The number of anilines is 1. The van der Waals surface area contributed by atoms with Gasteiger partial charge in [0.1, 0.15) is 0 Å². The molecule has 20 heavy (non-hydrogen) atoms. The molecule has 0 aliphatic carbocycles. The van der Waals surface area contributed by atoms with Crippen LogP contribution in [-0.4, -0.2) is 36.9 Å². The zero-order valence-electron chi connectivity index (χ0n) is 11.8. The maximum atomic E-state index is 10.7. The number of carboxylic acids is 1. The number of carbonyl (C=O) groups is 1. The summed E-state index contributed by atoms with van der Waals surface area (Å²) in [7, 11) is 0. The molecule has 4 nitrogen and oxygen atoms in total. The first kappa shape index (κ1) is 14.6. The number of hydrogen-bond donors (Lipinski definition) is 1. The molecule has 1 heterocycles. The van der Waals surface area contributed by atoms with Crippen molar-refractivity contribution in [1.82, 2.24) is 0 Å². The molecular formula is C16H21NO3. The molecule has 1 aliphatic rings. The Balaban J connectivity index is 2.08. The van der Waals surface area contributed by atoms with Gasteiger partial charge in [-0.2, -0.15) is 0 Å². The van der Waals surface area contributed by atoms with Crippen molar-refractivity contribution >= 4 is 17.7 Å². The fraction of sp³-hybridized carbons (Fsp3) is 0.438. The van der Waals surface area contributed by atoms with Crippen molar-refractivity contribution < 1.29 is 14.6 Å². The monoisotopic (exact) mass is 275 g/mol. The second-order valence-electron chi connectivity index (χ2n) is 4.87. The highest BCUT2D eigenvalue weighted by atomic mass is 16.5. The second-order valence-corrected chi connectivity index (χ2v) is 4.87. The van der Waals surface area contributed by atoms with Crippen LogP contribution in [0.15, 0.2) is 30.3 Å². The van der Waals surface area contributed by atoms with Gasteiger partial charge >= 0.3 is 5.97 Å². The summed E-state index contributed by atoms with van der Waals surface area (Å²) in [6, 6.07) is 7.91. The fourth-order valence-electron chi connectivity index (χ4n) is 2.58. The second kappa shape index (κ2) is 7.10. The van der Waals surface area contributed by atoms with E-state index in [9.17, 15) is 4.79 Å². The first-order valence-electron chi connectivity index (χ1n) is 7.07. The van der Waals surface area contributed by atoms with Crippen LogP contribution in [-0.2, 0) is 9.53 Å². The zero-order valence-corrected chi connectivity index (χ0v) is 11.8. The fourth-order valence-corrected chi connectivity index (χ4v) is 2.58. The van der Waals surface area contributed by atoms with Crippen LogP contribution in [0.2, 0.25) is 0 Å². The lowest BCUT2D eigenvalue weighted by molar-refractivity contribution is -0.131. The van der Waals surface area contributed by atoms with Crippen molar-refractivity contribution in [2.45, 2.75) is 25.9 Å². The molecule has 0 bridgehead atoms. The molecule has 0 atom stereocenters. The number of nitrogens with zero attached hydrogens (tertiary/aromatic N) is 1. The lowest BCUT2D eigenvalue weighted by Crippen LogP contribution is -2.37. The van der Waals surface area contributed by atoms with Gasteiger partial charge < -0.3 is 14.7 Å². The zero-order chi connectivity index (χ0) is 14.4. The van der Waals surface area contributed by atoms with Gasteiger partial charge in [0.2, 0.25) is 0 Å². The van der Waals surface area contributed by atoms with E-state index in [0.29, 0.717) is 6.10 Å². The Morgan fingerprint density at radius 3 is 2.75 bits per heavy atom. The first-order chi connectivity index (χ1) is 9.70. The molecular weight excluding hydrogens is 254 g/mol. The molecule has 1 fully saturated rings. The number of benzene rings is 1. The van der Waals surface area contributed by atoms with E-state index >= 15 is 0 Å². The first-order valence-corrected chi connectivity index (χ1v) is 7.07. The molecule has 0 spiro atoms. The topological polar surface area (TPSA) is 49.8 Å². The predicted molar refractivity (Wildman–Crippen MR) is 80.0 cm³/mol. The van der Waals surface area contributed by atoms with Crippen LogP contribution in [0.4, 0.5) is 5.69 Å². The van der Waals surface area contributed by atoms with E-state index in [-0.39, 0.29) is 0 Å². The van der Waals surface area contributed by atoms with E-state index < -0.39 is 5.97 Å². The molecule has 0 saturated carbocycles. The Morgan fingerprint density at radius 1 is 1.40 bits per heavy atom. The van der Waals surface area contributed by atoms with Crippen molar-refractivity contribution in [3.05, 3.63) is 35.9 Å². The number of hydrogen-bond acceptors (Lipinski definition) is 3. The Kier molecular flexibility index (Phi) is 5.18. The molecule has 108 valence electrons. The molecule has 2 rings (SSSR count). The molecule has 1 aromatic rings. The van der Waals surface area contributed by atoms with E-state index in [4.69, 9.17) is 9.84 Å². The number of piperidine rings is 1. The van der Waals surface area contributed by atoms with Gasteiger partial charge in [-0.05, 0) is 37.5 Å². The van der Waals surface area contributed by atoms with Gasteiger partial charge in [0.15, 0.2) is 0 Å². The smallest absolute Gasteiger partial charge is 0.328 e. The number of rotatable bonds is 5. The van der Waals surface area contributed by atoms with Gasteiger partial charge in [-0.15, -0.1) is 0 Å². The average molecular weight is 275 g/mol. The average Bonchev–Trinajstić information content (AvgIpc) is 2.47. The van der Waals surface area contributed by atoms with Gasteiger partial charge in [-0.25, -0.2) is 4.79 Å². The molecule has 1 aliphatic heterocycles. The maximum Gasteiger partial charge on any atom is 0.328 e. The Bertz CT molecular complexity index is 476. The Hall–Kier alpha value is -1.81. The quantitative estimate of drug-likeness (QED) is 0.839. The lowest BCUT2D eigenvalue weighted by Gasteiger charge is -2.34. The minimum atomic E-state index is -0.921. The van der Waals surface area contributed by atoms with Crippen LogP contribution >= 0.6 is 0 Å². The third-order valence-electron chi connectivity index (χ3n) is 3.53. The Morgan fingerprint density at radius 2 is 2.10 bits per heavy atom. The standard InChI is InChI=1S/C16H21NO3/c1-2-20-14-9-11-17(12-10-14)15-6-4-3-5-13(15)7-8-16(18)19/h3-8,14H,2,9-12H2,1H3,(H,18,19). The summed E-state index contributed by atoms with van der Waals surface area (Å²) in [5, 5.41) is 8.75. The SMILES string of the molecule is CCOC1CCN(c2ccccc2C=CC(=O)O)CC1. The van der Waals surface area contributed by atoms with Crippen LogP contribution in [0.5, 0.6) is 0 Å². The summed E-state index contributed by atoms with van der Waals surface area (Å²) in [4.78, 5) is 13.0. The Labute approximate surface area is 119 Å². The highest BCUT2D eigenvalue weighted by Crippen LogP contribution is 2.26. The van der Waals surface area contributed by atoms with Crippen molar-refractivity contribution in [2.75, 3.05) is 24.6 Å². The summed E-state index contributed by atoms with van der Waals surface area (Å²) in [5.74, 6) is -0.921. The molecule has 0 aromatic heterocycles. The molecule has 0 radical (unpaired) electrons. The van der Waals surface area contributed by atoms with Gasteiger partial charge in [-0.1, -0.05) is 18.2 Å². The number of para-hydroxylation sites is 1. The summed E-state index contributed by atoms with van der Waals surface area (Å²) < 4.78 is 5.66. The van der Waals surface area contributed by atoms with E-state index in [1.807, 2.05) is 31.2 Å². The minimum Gasteiger partial charge on any atom is -0.478 e. The van der Waals surface area contributed by atoms with E-state index in [0.717, 1.165) is 43.8 Å². The predicted octanol–water partition coefficient (Wildman–Crippen LogP) is 2.79. The maximum absolute atomic E-state index is 10.7. The number of ether oxygens (including phenoxy) is 1. The van der Waals surface area contributed by atoms with Gasteiger partial charge in [0.25, 0.3) is 0 Å². The summed E-state index contributed by atoms with van der Waals surface area (Å²) in [6.07, 6.45) is 5.24. The van der Waals surface area contributed by atoms with E-state index in [1.165, 1.54) is 6.08 Å². The van der Waals surface area contributed by atoms with Crippen LogP contribution in [0.1, 0.15) is 25.3 Å². The molecule has 1 saturated heterocycles. The van der Waals surface area contributed by atoms with Crippen LogP contribution < -0.4 is 4.90 Å². The van der Waals surface area contributed by atoms with Crippen LogP contribution in [0.3, 0.4) is 0 Å². The van der Waals surface area contributed by atoms with Gasteiger partial charge in [0, 0.05) is 31.5 Å². The molecule has 0 unspecified atom stereocenters. The van der Waals surface area contributed by atoms with Crippen molar-refractivity contribution in [2.24, 2.45) is 0 Å². The van der Waals surface area contributed by atoms with Crippen molar-refractivity contribution in [3.63, 3.8) is 0 Å². The highest BCUT2D eigenvalue weighted by Gasteiger charge is 2.20. The van der Waals surface area contributed by atoms with Crippen LogP contribution in [0, 0.1) is 0 Å². The third-order valence-corrected chi connectivity index (χ3v) is 3.53. The van der Waals surface area contributed by atoms with E-state index in [2.05, 4.69) is 4.90 Å². The normalized spacial score (nSPS) is 16.8. The van der Waals surface area contributed by atoms with Crippen LogP contribution in [0.25, 0.3) is 6.08 Å². The molecule has 1 N–H and O–H groups in total. The molecule has 4 heteroatoms. The summed E-state index contributed by atoms with van der Waals surface area (Å²) in [5.41, 5.74) is 2.05. The third kappa shape index (κ3) is 3.84. The van der Waals surface area contributed by atoms with Crippen molar-refractivity contribution in [1.29, 1.82) is 0 Å². The summed E-state index contributed by atoms with van der Waals surface area (Å²) >= 11 is 0. The van der Waals surface area contributed by atoms with Crippen molar-refractivity contribution in [3.8, 4) is 0 Å². The minimum absolute atomic E-state index is 0.359.